The molecule has 2 heterocycles. The van der Waals surface area contributed by atoms with Crippen LogP contribution in [0.4, 0.5) is 0 Å². The van der Waals surface area contributed by atoms with Crippen LogP contribution in [-0.4, -0.2) is 58.5 Å². The summed E-state index contributed by atoms with van der Waals surface area (Å²) in [4.78, 5) is 9.24. The zero-order valence-corrected chi connectivity index (χ0v) is 13.1. The van der Waals surface area contributed by atoms with E-state index in [1.165, 1.54) is 0 Å². The van der Waals surface area contributed by atoms with Crippen LogP contribution in [-0.2, 0) is 9.47 Å². The maximum absolute atomic E-state index is 10.3. The van der Waals surface area contributed by atoms with E-state index in [0.717, 1.165) is 18.7 Å². The molecular formula is C16H24N2O4. The van der Waals surface area contributed by atoms with Crippen LogP contribution in [0, 0.1) is 11.8 Å². The van der Waals surface area contributed by atoms with E-state index in [2.05, 4.69) is 4.99 Å². The van der Waals surface area contributed by atoms with Gasteiger partial charge in [-0.25, -0.2) is 9.98 Å². The third-order valence-electron chi connectivity index (χ3n) is 5.59. The minimum atomic E-state index is -0.478. The predicted octanol–water partition coefficient (Wildman–Crippen LogP) is 0.900. The van der Waals surface area contributed by atoms with Gasteiger partial charge in [0.2, 0.25) is 0 Å². The summed E-state index contributed by atoms with van der Waals surface area (Å²) in [5, 5.41) is 20.4. The molecule has 0 saturated heterocycles. The maximum atomic E-state index is 10.3. The molecule has 0 radical (unpaired) electrons. The van der Waals surface area contributed by atoms with E-state index in [4.69, 9.17) is 14.5 Å². The van der Waals surface area contributed by atoms with E-state index in [1.54, 1.807) is 0 Å². The Morgan fingerprint density at radius 3 is 2.36 bits per heavy atom. The fourth-order valence-corrected chi connectivity index (χ4v) is 4.25. The summed E-state index contributed by atoms with van der Waals surface area (Å²) in [5.41, 5.74) is 0. The highest BCUT2D eigenvalue weighted by atomic mass is 16.5. The van der Waals surface area contributed by atoms with E-state index < -0.39 is 12.2 Å². The van der Waals surface area contributed by atoms with Crippen LogP contribution in [0.3, 0.4) is 0 Å². The second-order valence-corrected chi connectivity index (χ2v) is 7.22. The van der Waals surface area contributed by atoms with E-state index in [-0.39, 0.29) is 36.1 Å². The van der Waals surface area contributed by atoms with Crippen LogP contribution in [0.2, 0.25) is 0 Å². The van der Waals surface area contributed by atoms with Crippen molar-refractivity contribution < 1.29 is 19.7 Å². The van der Waals surface area contributed by atoms with Crippen molar-refractivity contribution in [2.24, 2.45) is 21.8 Å². The first-order chi connectivity index (χ1) is 10.5. The minimum absolute atomic E-state index is 0.0400. The lowest BCUT2D eigenvalue weighted by molar-refractivity contribution is -0.0145. The average molecular weight is 308 g/mol. The molecule has 8 atom stereocenters. The van der Waals surface area contributed by atoms with Crippen LogP contribution in [0.25, 0.3) is 0 Å². The first-order valence-corrected chi connectivity index (χ1v) is 8.33. The fraction of sp³-hybridized carbons (Fsp3) is 0.875. The van der Waals surface area contributed by atoms with Gasteiger partial charge in [-0.05, 0) is 18.8 Å². The summed E-state index contributed by atoms with van der Waals surface area (Å²) in [5.74, 6) is 1.34. The fourth-order valence-electron chi connectivity index (χ4n) is 4.25. The number of aliphatic hydroxyl groups is 2. The molecule has 0 spiro atoms. The highest BCUT2D eigenvalue weighted by Crippen LogP contribution is 2.39. The Hall–Kier alpha value is -1.14. The van der Waals surface area contributed by atoms with Crippen molar-refractivity contribution >= 4 is 11.8 Å². The van der Waals surface area contributed by atoms with Crippen LogP contribution in [0.5, 0.6) is 0 Å². The molecule has 8 unspecified atom stereocenters. The predicted molar refractivity (Wildman–Crippen MR) is 81.0 cm³/mol. The number of hydrogen-bond acceptors (Lipinski definition) is 6. The average Bonchev–Trinajstić information content (AvgIpc) is 3.01. The molecule has 122 valence electrons. The quantitative estimate of drug-likeness (QED) is 0.754. The number of fused-ring (bicyclic) bond motifs is 2. The summed E-state index contributed by atoms with van der Waals surface area (Å²) in [6.45, 7) is 3.87. The molecule has 2 saturated carbocycles. The highest BCUT2D eigenvalue weighted by Gasteiger charge is 2.48. The van der Waals surface area contributed by atoms with Crippen LogP contribution < -0.4 is 0 Å². The number of hydrogen-bond donors (Lipinski definition) is 2. The normalized spacial score (nSPS) is 50.4. The van der Waals surface area contributed by atoms with Gasteiger partial charge >= 0.3 is 0 Å². The summed E-state index contributed by atoms with van der Waals surface area (Å²) < 4.78 is 11.8. The Morgan fingerprint density at radius 1 is 0.909 bits per heavy atom. The molecule has 2 fully saturated rings. The van der Waals surface area contributed by atoms with Crippen molar-refractivity contribution in [3.63, 3.8) is 0 Å². The smallest absolute Gasteiger partial charge is 0.189 e. The molecule has 0 amide bonds. The van der Waals surface area contributed by atoms with Crippen molar-refractivity contribution in [2.45, 2.75) is 76.0 Å². The lowest BCUT2D eigenvalue weighted by Gasteiger charge is -2.35. The topological polar surface area (TPSA) is 83.6 Å². The van der Waals surface area contributed by atoms with E-state index >= 15 is 0 Å². The second-order valence-electron chi connectivity index (χ2n) is 7.22. The van der Waals surface area contributed by atoms with E-state index in [0.29, 0.717) is 18.7 Å². The maximum Gasteiger partial charge on any atom is 0.189 e. The summed E-state index contributed by atoms with van der Waals surface area (Å²) in [6, 6.07) is 0.277. The summed E-state index contributed by atoms with van der Waals surface area (Å²) >= 11 is 0. The van der Waals surface area contributed by atoms with Crippen molar-refractivity contribution in [3.8, 4) is 0 Å². The third kappa shape index (κ3) is 2.33. The molecule has 0 aromatic carbocycles. The standard InChI is InChI=1S/C16H24N2O4/c1-7-3-13(20)9(4-12(7)19)16-18-11-6-14-10(5-15(11)22-16)17-8(2)21-14/h7,9-15,19-20H,3-6H2,1-2H3. The van der Waals surface area contributed by atoms with E-state index in [9.17, 15) is 10.2 Å². The van der Waals surface area contributed by atoms with Gasteiger partial charge in [0.1, 0.15) is 12.2 Å². The van der Waals surface area contributed by atoms with Crippen molar-refractivity contribution in [2.75, 3.05) is 0 Å². The SMILES string of the molecule is CC1=NC2CC3OC(C4CC(O)C(C)CC4O)=NC3CC2O1. The molecule has 2 N–H and O–H groups in total. The molecule has 6 nitrogen and oxygen atoms in total. The van der Waals surface area contributed by atoms with Crippen LogP contribution in [0.1, 0.15) is 39.5 Å². The number of rotatable bonds is 1. The Bertz CT molecular complexity index is 520. The Labute approximate surface area is 130 Å². The summed E-state index contributed by atoms with van der Waals surface area (Å²) in [7, 11) is 0. The lowest BCUT2D eigenvalue weighted by Crippen LogP contribution is -2.43. The molecule has 0 bridgehead atoms. The second kappa shape index (κ2) is 5.20. The van der Waals surface area contributed by atoms with Gasteiger partial charge in [0.05, 0.1) is 30.2 Å². The number of ether oxygens (including phenoxy) is 2. The number of aliphatic hydroxyl groups excluding tert-OH is 2. The molecule has 2 aliphatic heterocycles. The largest absolute Gasteiger partial charge is 0.476 e. The van der Waals surface area contributed by atoms with Gasteiger partial charge in [0, 0.05) is 19.8 Å². The Morgan fingerprint density at radius 2 is 1.59 bits per heavy atom. The zero-order chi connectivity index (χ0) is 15.4. The Balaban J connectivity index is 1.47. The third-order valence-corrected chi connectivity index (χ3v) is 5.59. The lowest BCUT2D eigenvalue weighted by atomic mass is 9.78. The molecule has 4 aliphatic rings. The van der Waals surface area contributed by atoms with Crippen LogP contribution in [0.15, 0.2) is 9.98 Å². The van der Waals surface area contributed by atoms with Gasteiger partial charge in [0.25, 0.3) is 0 Å². The summed E-state index contributed by atoms with van der Waals surface area (Å²) in [6.07, 6.45) is 2.06. The molecular weight excluding hydrogens is 284 g/mol. The zero-order valence-electron chi connectivity index (χ0n) is 13.1. The Kier molecular flexibility index (Phi) is 3.42. The van der Waals surface area contributed by atoms with Crippen LogP contribution >= 0.6 is 0 Å². The highest BCUT2D eigenvalue weighted by molar-refractivity contribution is 5.81. The van der Waals surface area contributed by atoms with Gasteiger partial charge in [-0.1, -0.05) is 6.92 Å². The molecule has 6 heteroatoms. The van der Waals surface area contributed by atoms with E-state index in [1.807, 2.05) is 13.8 Å². The van der Waals surface area contributed by atoms with Gasteiger partial charge in [-0.2, -0.15) is 0 Å². The minimum Gasteiger partial charge on any atom is -0.476 e. The van der Waals surface area contributed by atoms with Crippen molar-refractivity contribution in [1.29, 1.82) is 0 Å². The van der Waals surface area contributed by atoms with Crippen molar-refractivity contribution in [3.05, 3.63) is 0 Å². The molecule has 4 rings (SSSR count). The molecule has 0 aromatic rings. The molecule has 22 heavy (non-hydrogen) atoms. The molecule has 0 aromatic heterocycles. The number of nitrogens with zero attached hydrogens (tertiary/aromatic N) is 2. The first kappa shape index (κ1) is 14.5. The van der Waals surface area contributed by atoms with Gasteiger partial charge in [0.15, 0.2) is 11.8 Å². The number of aliphatic imine (C=N–C) groups is 2. The molecule has 2 aliphatic carbocycles. The monoisotopic (exact) mass is 308 g/mol. The van der Waals surface area contributed by atoms with Crippen molar-refractivity contribution in [1.82, 2.24) is 0 Å². The van der Waals surface area contributed by atoms with Gasteiger partial charge < -0.3 is 19.7 Å². The van der Waals surface area contributed by atoms with Gasteiger partial charge in [-0.3, -0.25) is 0 Å². The van der Waals surface area contributed by atoms with Gasteiger partial charge in [-0.15, -0.1) is 0 Å². The first-order valence-electron chi connectivity index (χ1n) is 8.33.